The second-order valence-electron chi connectivity index (χ2n) is 5.44. The summed E-state index contributed by atoms with van der Waals surface area (Å²) in [5.41, 5.74) is 3.13. The standard InChI is InChI=1S/C15H18N6O/c1-10(16-15(22)12-9-20(3)18-11(12)2)8-21-14-7-5-4-6-13(14)17-19-21/h4-7,9-10H,8H2,1-3H3,(H,16,22)/t10-/m0/s1. The third-order valence-corrected chi connectivity index (χ3v) is 3.50. The molecular formula is C15H18N6O. The molecule has 0 aliphatic carbocycles. The van der Waals surface area contributed by atoms with Crippen LogP contribution in [0.15, 0.2) is 30.5 Å². The molecule has 0 bridgehead atoms. The Bertz CT molecular complexity index is 818. The maximum atomic E-state index is 12.3. The average Bonchev–Trinajstić information content (AvgIpc) is 3.02. The van der Waals surface area contributed by atoms with Crippen LogP contribution in [-0.2, 0) is 13.6 Å². The molecule has 0 saturated carbocycles. The van der Waals surface area contributed by atoms with Crippen molar-refractivity contribution in [2.24, 2.45) is 7.05 Å². The van der Waals surface area contributed by atoms with Crippen molar-refractivity contribution in [1.82, 2.24) is 30.1 Å². The number of carbonyl (C=O) groups is 1. The molecule has 114 valence electrons. The molecule has 0 unspecified atom stereocenters. The predicted octanol–water partition coefficient (Wildman–Crippen LogP) is 1.29. The van der Waals surface area contributed by atoms with Gasteiger partial charge in [0.15, 0.2) is 0 Å². The highest BCUT2D eigenvalue weighted by atomic mass is 16.1. The van der Waals surface area contributed by atoms with Crippen molar-refractivity contribution in [3.8, 4) is 0 Å². The van der Waals surface area contributed by atoms with Gasteiger partial charge >= 0.3 is 0 Å². The molecule has 0 aliphatic heterocycles. The van der Waals surface area contributed by atoms with Gasteiger partial charge in [-0.3, -0.25) is 9.48 Å². The molecule has 22 heavy (non-hydrogen) atoms. The molecule has 7 nitrogen and oxygen atoms in total. The van der Waals surface area contributed by atoms with Crippen LogP contribution in [0.4, 0.5) is 0 Å². The van der Waals surface area contributed by atoms with Crippen molar-refractivity contribution in [2.45, 2.75) is 26.4 Å². The maximum absolute atomic E-state index is 12.3. The van der Waals surface area contributed by atoms with E-state index in [1.165, 1.54) is 0 Å². The van der Waals surface area contributed by atoms with E-state index in [0.29, 0.717) is 12.1 Å². The first kappa shape index (κ1) is 14.2. The second kappa shape index (κ2) is 5.59. The summed E-state index contributed by atoms with van der Waals surface area (Å²) in [4.78, 5) is 12.3. The van der Waals surface area contributed by atoms with Gasteiger partial charge in [-0.2, -0.15) is 5.10 Å². The summed E-state index contributed by atoms with van der Waals surface area (Å²) in [6.07, 6.45) is 1.72. The van der Waals surface area contributed by atoms with E-state index in [1.54, 1.807) is 22.6 Å². The van der Waals surface area contributed by atoms with Crippen molar-refractivity contribution in [1.29, 1.82) is 0 Å². The molecular weight excluding hydrogens is 280 g/mol. The quantitative estimate of drug-likeness (QED) is 0.787. The van der Waals surface area contributed by atoms with E-state index in [9.17, 15) is 4.79 Å². The number of aryl methyl sites for hydroxylation is 2. The lowest BCUT2D eigenvalue weighted by molar-refractivity contribution is 0.0935. The lowest BCUT2D eigenvalue weighted by atomic mass is 10.2. The van der Waals surface area contributed by atoms with Crippen LogP contribution in [-0.4, -0.2) is 36.7 Å². The normalized spacial score (nSPS) is 12.5. The number of nitrogens with zero attached hydrogens (tertiary/aromatic N) is 5. The van der Waals surface area contributed by atoms with E-state index in [4.69, 9.17) is 0 Å². The van der Waals surface area contributed by atoms with E-state index in [-0.39, 0.29) is 11.9 Å². The molecule has 1 atom stereocenters. The molecule has 0 fully saturated rings. The van der Waals surface area contributed by atoms with Gasteiger partial charge < -0.3 is 5.32 Å². The van der Waals surface area contributed by atoms with Crippen molar-refractivity contribution >= 4 is 16.9 Å². The van der Waals surface area contributed by atoms with E-state index >= 15 is 0 Å². The molecule has 0 radical (unpaired) electrons. The number of para-hydroxylation sites is 1. The molecule has 3 rings (SSSR count). The Morgan fingerprint density at radius 1 is 1.36 bits per heavy atom. The van der Waals surface area contributed by atoms with Crippen LogP contribution in [0, 0.1) is 6.92 Å². The monoisotopic (exact) mass is 298 g/mol. The summed E-state index contributed by atoms with van der Waals surface area (Å²) >= 11 is 0. The molecule has 1 amide bonds. The molecule has 2 heterocycles. The highest BCUT2D eigenvalue weighted by Gasteiger charge is 2.16. The number of fused-ring (bicyclic) bond motifs is 1. The summed E-state index contributed by atoms with van der Waals surface area (Å²) in [6, 6.07) is 7.69. The molecule has 1 aromatic carbocycles. The maximum Gasteiger partial charge on any atom is 0.255 e. The third-order valence-electron chi connectivity index (χ3n) is 3.50. The van der Waals surface area contributed by atoms with E-state index < -0.39 is 0 Å². The first-order valence-electron chi connectivity index (χ1n) is 7.14. The van der Waals surface area contributed by atoms with Crippen LogP contribution in [0.1, 0.15) is 23.0 Å². The van der Waals surface area contributed by atoms with Gasteiger partial charge in [-0.25, -0.2) is 4.68 Å². The third kappa shape index (κ3) is 2.69. The fourth-order valence-electron chi connectivity index (χ4n) is 2.48. The zero-order chi connectivity index (χ0) is 15.7. The zero-order valence-electron chi connectivity index (χ0n) is 12.8. The zero-order valence-corrected chi connectivity index (χ0v) is 12.8. The Hall–Kier alpha value is -2.70. The first-order valence-corrected chi connectivity index (χ1v) is 7.14. The minimum atomic E-state index is -0.123. The lowest BCUT2D eigenvalue weighted by Crippen LogP contribution is -2.36. The largest absolute Gasteiger partial charge is 0.348 e. The molecule has 2 aromatic heterocycles. The number of nitrogens with one attached hydrogen (secondary N) is 1. The van der Waals surface area contributed by atoms with Crippen molar-refractivity contribution < 1.29 is 4.79 Å². The molecule has 1 N–H and O–H groups in total. The number of rotatable bonds is 4. The van der Waals surface area contributed by atoms with Crippen LogP contribution >= 0.6 is 0 Å². The summed E-state index contributed by atoms with van der Waals surface area (Å²) < 4.78 is 3.44. The fraction of sp³-hybridized carbons (Fsp3) is 0.333. The van der Waals surface area contributed by atoms with Crippen molar-refractivity contribution in [3.63, 3.8) is 0 Å². The van der Waals surface area contributed by atoms with Gasteiger partial charge in [0.25, 0.3) is 5.91 Å². The highest BCUT2D eigenvalue weighted by molar-refractivity contribution is 5.95. The highest BCUT2D eigenvalue weighted by Crippen LogP contribution is 2.10. The summed E-state index contributed by atoms with van der Waals surface area (Å²) in [5.74, 6) is -0.123. The minimum absolute atomic E-state index is 0.0720. The van der Waals surface area contributed by atoms with E-state index in [1.807, 2.05) is 38.1 Å². The Kier molecular flexibility index (Phi) is 3.62. The predicted molar refractivity (Wildman–Crippen MR) is 82.4 cm³/mol. The summed E-state index contributed by atoms with van der Waals surface area (Å²) in [5, 5.41) is 15.4. The lowest BCUT2D eigenvalue weighted by Gasteiger charge is -2.13. The summed E-state index contributed by atoms with van der Waals surface area (Å²) in [6.45, 7) is 4.33. The average molecular weight is 298 g/mol. The van der Waals surface area contributed by atoms with Crippen LogP contribution in [0.25, 0.3) is 11.0 Å². The van der Waals surface area contributed by atoms with Crippen molar-refractivity contribution in [3.05, 3.63) is 41.7 Å². The number of hydrogen-bond acceptors (Lipinski definition) is 4. The minimum Gasteiger partial charge on any atom is -0.348 e. The van der Waals surface area contributed by atoms with E-state index in [2.05, 4.69) is 20.7 Å². The number of carbonyl (C=O) groups excluding carboxylic acids is 1. The van der Waals surface area contributed by atoms with Gasteiger partial charge in [0.2, 0.25) is 0 Å². The molecule has 7 heteroatoms. The van der Waals surface area contributed by atoms with Gasteiger partial charge in [0, 0.05) is 19.3 Å². The smallest absolute Gasteiger partial charge is 0.255 e. The van der Waals surface area contributed by atoms with Gasteiger partial charge in [-0.1, -0.05) is 17.3 Å². The van der Waals surface area contributed by atoms with Gasteiger partial charge in [0.05, 0.1) is 23.3 Å². The van der Waals surface area contributed by atoms with E-state index in [0.717, 1.165) is 16.7 Å². The second-order valence-corrected chi connectivity index (χ2v) is 5.44. The number of amides is 1. The van der Waals surface area contributed by atoms with Crippen LogP contribution < -0.4 is 5.32 Å². The molecule has 0 aliphatic rings. The Balaban J connectivity index is 1.71. The molecule has 3 aromatic rings. The number of hydrogen-bond donors (Lipinski definition) is 1. The Morgan fingerprint density at radius 2 is 2.14 bits per heavy atom. The van der Waals surface area contributed by atoms with Crippen molar-refractivity contribution in [2.75, 3.05) is 0 Å². The van der Waals surface area contributed by atoms with Gasteiger partial charge in [0.1, 0.15) is 5.52 Å². The number of benzene rings is 1. The van der Waals surface area contributed by atoms with Gasteiger partial charge in [-0.15, -0.1) is 5.10 Å². The molecule has 0 spiro atoms. The van der Waals surface area contributed by atoms with Crippen LogP contribution in [0.2, 0.25) is 0 Å². The first-order chi connectivity index (χ1) is 10.5. The SMILES string of the molecule is Cc1nn(C)cc1C(=O)N[C@@H](C)Cn1nnc2ccccc21. The fourth-order valence-corrected chi connectivity index (χ4v) is 2.48. The summed E-state index contributed by atoms with van der Waals surface area (Å²) in [7, 11) is 1.80. The Morgan fingerprint density at radius 3 is 2.86 bits per heavy atom. The topological polar surface area (TPSA) is 77.6 Å². The number of aromatic nitrogens is 5. The van der Waals surface area contributed by atoms with Gasteiger partial charge in [-0.05, 0) is 26.0 Å². The van der Waals surface area contributed by atoms with Crippen LogP contribution in [0.5, 0.6) is 0 Å². The van der Waals surface area contributed by atoms with Crippen LogP contribution in [0.3, 0.4) is 0 Å². The molecule has 0 saturated heterocycles. The Labute approximate surface area is 127 Å².